The molecule has 1 N–H and O–H groups in total. The average Bonchev–Trinajstić information content (AvgIpc) is 2.89. The van der Waals surface area contributed by atoms with Gasteiger partial charge >= 0.3 is 0 Å². The number of nitrogens with zero attached hydrogens (tertiary/aromatic N) is 3. The van der Waals surface area contributed by atoms with Gasteiger partial charge in [0.25, 0.3) is 0 Å². The molecule has 0 aliphatic carbocycles. The summed E-state index contributed by atoms with van der Waals surface area (Å²) >= 11 is 0. The van der Waals surface area contributed by atoms with E-state index < -0.39 is 0 Å². The molecule has 0 fully saturated rings. The molecule has 0 saturated heterocycles. The van der Waals surface area contributed by atoms with Crippen molar-refractivity contribution in [3.63, 3.8) is 0 Å². The molecule has 0 bridgehead atoms. The molecule has 1 aromatic carbocycles. The lowest BCUT2D eigenvalue weighted by atomic mass is 10.1. The summed E-state index contributed by atoms with van der Waals surface area (Å²) in [6.07, 6.45) is 3.49. The maximum atomic E-state index is 5.58. The second-order valence-corrected chi connectivity index (χ2v) is 5.78. The molecule has 0 saturated carbocycles. The molecule has 0 atom stereocenters. The van der Waals surface area contributed by atoms with Gasteiger partial charge in [-0.2, -0.15) is 5.10 Å². The molecule has 2 heterocycles. The first-order valence-electron chi connectivity index (χ1n) is 7.50. The van der Waals surface area contributed by atoms with Crippen LogP contribution in [0.15, 0.2) is 52.1 Å². The molecule has 0 radical (unpaired) electrons. The molecular weight excluding hydrogens is 288 g/mol. The van der Waals surface area contributed by atoms with E-state index >= 15 is 0 Å². The van der Waals surface area contributed by atoms with E-state index in [9.17, 15) is 0 Å². The number of nitrogens with one attached hydrogen (secondary N) is 1. The lowest BCUT2D eigenvalue weighted by Crippen LogP contribution is -2.10. The molecule has 118 valence electrons. The normalized spacial score (nSPS) is 11.7. The molecule has 3 aromatic rings. The molecule has 0 amide bonds. The number of pyridine rings is 1. The van der Waals surface area contributed by atoms with Gasteiger partial charge in [0.15, 0.2) is 5.82 Å². The van der Waals surface area contributed by atoms with E-state index in [0.29, 0.717) is 5.82 Å². The SMILES string of the molecule is Cc1cc2c(N/N=C/c3ccc(CN(C)C)cc3)nccc2o1. The van der Waals surface area contributed by atoms with Crippen molar-refractivity contribution in [1.82, 2.24) is 9.88 Å². The van der Waals surface area contributed by atoms with E-state index in [1.165, 1.54) is 5.56 Å². The van der Waals surface area contributed by atoms with E-state index in [4.69, 9.17) is 4.42 Å². The Bertz CT molecular complexity index is 819. The molecule has 0 spiro atoms. The summed E-state index contributed by atoms with van der Waals surface area (Å²) in [5.74, 6) is 1.55. The summed E-state index contributed by atoms with van der Waals surface area (Å²) < 4.78 is 5.58. The first-order valence-corrected chi connectivity index (χ1v) is 7.50. The molecule has 5 nitrogen and oxygen atoms in total. The highest BCUT2D eigenvalue weighted by Gasteiger charge is 2.05. The highest BCUT2D eigenvalue weighted by molar-refractivity contribution is 5.89. The maximum absolute atomic E-state index is 5.58. The van der Waals surface area contributed by atoms with Crippen molar-refractivity contribution < 1.29 is 4.42 Å². The van der Waals surface area contributed by atoms with E-state index in [-0.39, 0.29) is 0 Å². The van der Waals surface area contributed by atoms with E-state index in [1.807, 2.05) is 19.1 Å². The summed E-state index contributed by atoms with van der Waals surface area (Å²) in [7, 11) is 4.12. The summed E-state index contributed by atoms with van der Waals surface area (Å²) in [4.78, 5) is 6.45. The first-order chi connectivity index (χ1) is 11.1. The highest BCUT2D eigenvalue weighted by Crippen LogP contribution is 2.24. The molecule has 2 aromatic heterocycles. The predicted octanol–water partition coefficient (Wildman–Crippen LogP) is 3.64. The van der Waals surface area contributed by atoms with E-state index in [0.717, 1.165) is 28.8 Å². The van der Waals surface area contributed by atoms with E-state index in [2.05, 4.69) is 58.8 Å². The summed E-state index contributed by atoms with van der Waals surface area (Å²) in [6.45, 7) is 2.85. The Morgan fingerprint density at radius 1 is 1.22 bits per heavy atom. The Hall–Kier alpha value is -2.66. The Labute approximate surface area is 135 Å². The number of rotatable bonds is 5. The summed E-state index contributed by atoms with van der Waals surface area (Å²) in [5.41, 5.74) is 6.11. The lowest BCUT2D eigenvalue weighted by molar-refractivity contribution is 0.402. The largest absolute Gasteiger partial charge is 0.461 e. The van der Waals surface area contributed by atoms with Gasteiger partial charge in [-0.25, -0.2) is 4.98 Å². The zero-order valence-corrected chi connectivity index (χ0v) is 13.6. The Balaban J connectivity index is 1.70. The summed E-state index contributed by atoms with van der Waals surface area (Å²) in [6, 6.07) is 12.1. The topological polar surface area (TPSA) is 53.7 Å². The minimum atomic E-state index is 0.694. The second-order valence-electron chi connectivity index (χ2n) is 5.78. The average molecular weight is 308 g/mol. The number of furan rings is 1. The van der Waals surface area contributed by atoms with Crippen LogP contribution in [0.25, 0.3) is 11.0 Å². The number of hydrazone groups is 1. The van der Waals surface area contributed by atoms with Crippen molar-refractivity contribution >= 4 is 23.0 Å². The number of fused-ring (bicyclic) bond motifs is 1. The lowest BCUT2D eigenvalue weighted by Gasteiger charge is -2.09. The number of aryl methyl sites for hydroxylation is 1. The van der Waals surface area contributed by atoms with Crippen LogP contribution in [0, 0.1) is 6.92 Å². The first kappa shape index (κ1) is 15.2. The Morgan fingerprint density at radius 3 is 2.74 bits per heavy atom. The molecule has 0 aliphatic heterocycles. The van der Waals surface area contributed by atoms with Crippen molar-refractivity contribution in [3.8, 4) is 0 Å². The van der Waals surface area contributed by atoms with Gasteiger partial charge in [-0.05, 0) is 44.3 Å². The molecule has 0 aliphatic rings. The van der Waals surface area contributed by atoms with Crippen LogP contribution in [-0.2, 0) is 6.54 Å². The van der Waals surface area contributed by atoms with Crippen molar-refractivity contribution in [3.05, 3.63) is 59.5 Å². The van der Waals surface area contributed by atoms with Gasteiger partial charge < -0.3 is 9.32 Å². The third-order valence-electron chi connectivity index (χ3n) is 3.43. The van der Waals surface area contributed by atoms with Gasteiger partial charge in [-0.15, -0.1) is 0 Å². The van der Waals surface area contributed by atoms with Crippen LogP contribution in [0.5, 0.6) is 0 Å². The number of benzene rings is 1. The molecular formula is C18H20N4O. The van der Waals surface area contributed by atoms with E-state index in [1.54, 1.807) is 12.4 Å². The molecule has 0 unspecified atom stereocenters. The predicted molar refractivity (Wildman–Crippen MR) is 93.8 cm³/mol. The Kier molecular flexibility index (Phi) is 4.39. The van der Waals surface area contributed by atoms with Gasteiger partial charge in [-0.1, -0.05) is 24.3 Å². The van der Waals surface area contributed by atoms with Crippen molar-refractivity contribution in [1.29, 1.82) is 0 Å². The molecule has 23 heavy (non-hydrogen) atoms. The minimum Gasteiger partial charge on any atom is -0.461 e. The quantitative estimate of drug-likeness (QED) is 0.577. The van der Waals surface area contributed by atoms with Gasteiger partial charge in [0.2, 0.25) is 0 Å². The smallest absolute Gasteiger partial charge is 0.157 e. The van der Waals surface area contributed by atoms with Crippen LogP contribution in [-0.4, -0.2) is 30.2 Å². The minimum absolute atomic E-state index is 0.694. The zero-order valence-electron chi connectivity index (χ0n) is 13.6. The van der Waals surface area contributed by atoms with Crippen molar-refractivity contribution in [2.45, 2.75) is 13.5 Å². The number of hydrogen-bond donors (Lipinski definition) is 1. The van der Waals surface area contributed by atoms with Crippen LogP contribution in [0.3, 0.4) is 0 Å². The number of aromatic nitrogens is 1. The van der Waals surface area contributed by atoms with Gasteiger partial charge in [0.1, 0.15) is 11.3 Å². The highest BCUT2D eigenvalue weighted by atomic mass is 16.3. The standard InChI is InChI=1S/C18H20N4O/c1-13-10-16-17(23-13)8-9-19-18(16)21-20-11-14-4-6-15(7-5-14)12-22(2)3/h4-11H,12H2,1-3H3,(H,19,21)/b20-11+. The van der Waals surface area contributed by atoms with Crippen LogP contribution in [0.1, 0.15) is 16.9 Å². The summed E-state index contributed by atoms with van der Waals surface area (Å²) in [5, 5.41) is 5.21. The third kappa shape index (κ3) is 3.76. The zero-order chi connectivity index (χ0) is 16.2. The van der Waals surface area contributed by atoms with Crippen LogP contribution < -0.4 is 5.43 Å². The second kappa shape index (κ2) is 6.62. The van der Waals surface area contributed by atoms with Crippen LogP contribution in [0.2, 0.25) is 0 Å². The van der Waals surface area contributed by atoms with Crippen molar-refractivity contribution in [2.75, 3.05) is 19.5 Å². The van der Waals surface area contributed by atoms with Gasteiger partial charge in [-0.3, -0.25) is 5.43 Å². The fraction of sp³-hybridized carbons (Fsp3) is 0.222. The maximum Gasteiger partial charge on any atom is 0.157 e. The van der Waals surface area contributed by atoms with Gasteiger partial charge in [0.05, 0.1) is 11.6 Å². The monoisotopic (exact) mass is 308 g/mol. The van der Waals surface area contributed by atoms with Gasteiger partial charge in [0, 0.05) is 12.7 Å². The third-order valence-corrected chi connectivity index (χ3v) is 3.43. The fourth-order valence-corrected chi connectivity index (χ4v) is 2.42. The number of anilines is 1. The van der Waals surface area contributed by atoms with Crippen LogP contribution in [0.4, 0.5) is 5.82 Å². The van der Waals surface area contributed by atoms with Crippen LogP contribution >= 0.6 is 0 Å². The molecule has 3 rings (SSSR count). The number of hydrogen-bond acceptors (Lipinski definition) is 5. The Morgan fingerprint density at radius 2 is 2.00 bits per heavy atom. The fourth-order valence-electron chi connectivity index (χ4n) is 2.42. The molecule has 5 heteroatoms. The van der Waals surface area contributed by atoms with Crippen molar-refractivity contribution in [2.24, 2.45) is 5.10 Å².